The quantitative estimate of drug-likeness (QED) is 0.850. The maximum Gasteiger partial charge on any atom is 0.322 e. The van der Waals surface area contributed by atoms with E-state index >= 15 is 0 Å². The van der Waals surface area contributed by atoms with Crippen molar-refractivity contribution < 1.29 is 14.0 Å². The Morgan fingerprint density at radius 1 is 1.42 bits per heavy atom. The van der Waals surface area contributed by atoms with E-state index in [2.05, 4.69) is 5.32 Å². The third-order valence-corrected chi connectivity index (χ3v) is 4.62. The molecule has 1 N–H and O–H groups in total. The van der Waals surface area contributed by atoms with Crippen molar-refractivity contribution in [2.75, 3.05) is 7.05 Å². The molecular weight excluding hydrogens is 331 g/mol. The van der Waals surface area contributed by atoms with Gasteiger partial charge in [0.05, 0.1) is 6.04 Å². The van der Waals surface area contributed by atoms with Crippen LogP contribution in [0, 0.1) is 11.7 Å². The fraction of sp³-hybridized carbons (Fsp3) is 0.444. The predicted molar refractivity (Wildman–Crippen MR) is 92.2 cm³/mol. The van der Waals surface area contributed by atoms with Gasteiger partial charge in [0.2, 0.25) is 0 Å². The number of carbonyl (C=O) groups excluding carboxylic acids is 2. The number of nitrogens with zero attached hydrogens (tertiary/aromatic N) is 1. The second-order valence-corrected chi connectivity index (χ2v) is 6.84. The predicted octanol–water partition coefficient (Wildman–Crippen LogP) is 4.45. The minimum Gasteiger partial charge on any atom is -0.326 e. The molecule has 0 saturated carbocycles. The molecule has 2 rings (SSSR count). The number of hydrogen-bond acceptors (Lipinski definition) is 2. The zero-order valence-electron chi connectivity index (χ0n) is 14.3. The average molecular weight is 353 g/mol. The second kappa shape index (κ2) is 7.34. The topological polar surface area (TPSA) is 49.4 Å². The molecule has 4 nitrogen and oxygen atoms in total. The molecule has 1 heterocycles. The Balaban J connectivity index is 2.51. The first-order valence-corrected chi connectivity index (χ1v) is 8.34. The van der Waals surface area contributed by atoms with Crippen molar-refractivity contribution in [3.63, 3.8) is 0 Å². The van der Waals surface area contributed by atoms with Crippen molar-refractivity contribution in [3.05, 3.63) is 45.9 Å². The van der Waals surface area contributed by atoms with E-state index in [4.69, 9.17) is 11.6 Å². The SMILES string of the molecule is CC1=C(C(=O)CCC(C)C)C(c2c(F)cccc2Cl)NC(=O)N1C. The lowest BCUT2D eigenvalue weighted by Crippen LogP contribution is -2.46. The maximum absolute atomic E-state index is 14.4. The summed E-state index contributed by atoms with van der Waals surface area (Å²) in [6.07, 6.45) is 1.07. The number of Topliss-reactive ketones (excluding diaryl/α,β-unsaturated/α-hetero) is 1. The normalized spacial score (nSPS) is 18.2. The molecule has 0 fully saturated rings. The summed E-state index contributed by atoms with van der Waals surface area (Å²) >= 11 is 6.15. The van der Waals surface area contributed by atoms with Crippen molar-refractivity contribution in [1.29, 1.82) is 0 Å². The van der Waals surface area contributed by atoms with E-state index in [1.807, 2.05) is 13.8 Å². The Labute approximate surface area is 146 Å². The van der Waals surface area contributed by atoms with E-state index in [-0.39, 0.29) is 16.4 Å². The minimum atomic E-state index is -0.873. The van der Waals surface area contributed by atoms with Crippen molar-refractivity contribution in [3.8, 4) is 0 Å². The second-order valence-electron chi connectivity index (χ2n) is 6.43. The molecule has 1 unspecified atom stereocenters. The summed E-state index contributed by atoms with van der Waals surface area (Å²) in [4.78, 5) is 26.3. The minimum absolute atomic E-state index is 0.0997. The maximum atomic E-state index is 14.4. The van der Waals surface area contributed by atoms with E-state index in [0.717, 1.165) is 6.42 Å². The summed E-state index contributed by atoms with van der Waals surface area (Å²) in [5.41, 5.74) is 1.05. The molecule has 1 aliphatic rings. The van der Waals surface area contributed by atoms with Crippen LogP contribution in [0.2, 0.25) is 5.02 Å². The number of amides is 2. The van der Waals surface area contributed by atoms with Crippen LogP contribution in [0.3, 0.4) is 0 Å². The summed E-state index contributed by atoms with van der Waals surface area (Å²) in [6, 6.07) is 3.06. The largest absolute Gasteiger partial charge is 0.326 e. The summed E-state index contributed by atoms with van der Waals surface area (Å²) < 4.78 is 14.4. The number of nitrogens with one attached hydrogen (secondary N) is 1. The number of allylic oxidation sites excluding steroid dienone is 1. The Kier molecular flexibility index (Phi) is 5.65. The van der Waals surface area contributed by atoms with Crippen LogP contribution < -0.4 is 5.32 Å². The number of ketones is 1. The molecule has 1 aromatic rings. The van der Waals surface area contributed by atoms with Gasteiger partial charge in [-0.1, -0.05) is 31.5 Å². The number of hydrogen-bond donors (Lipinski definition) is 1. The van der Waals surface area contributed by atoms with Gasteiger partial charge in [0, 0.05) is 35.3 Å². The van der Waals surface area contributed by atoms with Gasteiger partial charge in [-0.2, -0.15) is 0 Å². The van der Waals surface area contributed by atoms with Crippen LogP contribution >= 0.6 is 11.6 Å². The Hall–Kier alpha value is -1.88. The van der Waals surface area contributed by atoms with Crippen LogP contribution in [-0.4, -0.2) is 23.8 Å². The molecule has 0 aromatic heterocycles. The lowest BCUT2D eigenvalue weighted by molar-refractivity contribution is -0.116. The molecule has 0 spiro atoms. The molecular formula is C18H22ClFN2O2. The highest BCUT2D eigenvalue weighted by Crippen LogP contribution is 2.36. The van der Waals surface area contributed by atoms with Crippen LogP contribution in [0.1, 0.15) is 45.2 Å². The number of benzene rings is 1. The van der Waals surface area contributed by atoms with Gasteiger partial charge in [-0.3, -0.25) is 4.79 Å². The zero-order valence-corrected chi connectivity index (χ0v) is 15.1. The van der Waals surface area contributed by atoms with E-state index < -0.39 is 17.9 Å². The summed E-state index contributed by atoms with van der Waals surface area (Å²) in [5, 5.41) is 2.88. The van der Waals surface area contributed by atoms with Crippen molar-refractivity contribution in [2.45, 2.75) is 39.7 Å². The molecule has 130 valence electrons. The Bertz CT molecular complexity index is 680. The van der Waals surface area contributed by atoms with Crippen molar-refractivity contribution >= 4 is 23.4 Å². The molecule has 2 amide bonds. The molecule has 1 aliphatic heterocycles. The van der Waals surface area contributed by atoms with Crippen LogP contribution in [0.5, 0.6) is 0 Å². The van der Waals surface area contributed by atoms with Gasteiger partial charge in [0.25, 0.3) is 0 Å². The third kappa shape index (κ3) is 3.61. The monoisotopic (exact) mass is 352 g/mol. The lowest BCUT2D eigenvalue weighted by atomic mass is 9.89. The summed E-state index contributed by atoms with van der Waals surface area (Å²) in [7, 11) is 1.58. The van der Waals surface area contributed by atoms with Gasteiger partial charge in [0.1, 0.15) is 5.82 Å². The number of halogens is 2. The molecule has 0 saturated heterocycles. The first kappa shape index (κ1) is 18.5. The Morgan fingerprint density at radius 3 is 2.67 bits per heavy atom. The van der Waals surface area contributed by atoms with Crippen LogP contribution in [0.15, 0.2) is 29.5 Å². The number of carbonyl (C=O) groups is 2. The Morgan fingerprint density at radius 2 is 2.08 bits per heavy atom. The van der Waals surface area contributed by atoms with Crippen LogP contribution in [0.25, 0.3) is 0 Å². The molecule has 1 atom stereocenters. The molecule has 0 radical (unpaired) electrons. The summed E-state index contributed by atoms with van der Waals surface area (Å²) in [5.74, 6) is -0.266. The summed E-state index contributed by atoms with van der Waals surface area (Å²) in [6.45, 7) is 5.77. The van der Waals surface area contributed by atoms with E-state index in [1.165, 1.54) is 17.0 Å². The fourth-order valence-electron chi connectivity index (χ4n) is 2.75. The molecule has 0 bridgehead atoms. The molecule has 0 aliphatic carbocycles. The third-order valence-electron chi connectivity index (χ3n) is 4.29. The standard InChI is InChI=1S/C18H22ClFN2O2/c1-10(2)8-9-14(23)15-11(3)22(4)18(24)21-17(15)16-12(19)6-5-7-13(16)20/h5-7,10,17H,8-9H2,1-4H3,(H,21,24). The van der Waals surface area contributed by atoms with Gasteiger partial charge < -0.3 is 10.2 Å². The fourth-order valence-corrected chi connectivity index (χ4v) is 3.03. The zero-order chi connectivity index (χ0) is 18.0. The highest BCUT2D eigenvalue weighted by molar-refractivity contribution is 6.31. The van der Waals surface area contributed by atoms with E-state index in [1.54, 1.807) is 20.0 Å². The smallest absolute Gasteiger partial charge is 0.322 e. The van der Waals surface area contributed by atoms with Crippen molar-refractivity contribution in [1.82, 2.24) is 10.2 Å². The average Bonchev–Trinajstić information content (AvgIpc) is 2.50. The van der Waals surface area contributed by atoms with Crippen molar-refractivity contribution in [2.24, 2.45) is 5.92 Å². The highest BCUT2D eigenvalue weighted by Gasteiger charge is 2.36. The van der Waals surface area contributed by atoms with Gasteiger partial charge in [-0.05, 0) is 31.4 Å². The molecule has 1 aromatic carbocycles. The van der Waals surface area contributed by atoms with Gasteiger partial charge in [-0.25, -0.2) is 9.18 Å². The number of rotatable bonds is 5. The molecule has 24 heavy (non-hydrogen) atoms. The number of urea groups is 1. The highest BCUT2D eigenvalue weighted by atomic mass is 35.5. The van der Waals surface area contributed by atoms with Crippen LogP contribution in [-0.2, 0) is 4.79 Å². The van der Waals surface area contributed by atoms with Gasteiger partial charge >= 0.3 is 6.03 Å². The first-order valence-electron chi connectivity index (χ1n) is 7.96. The van der Waals surface area contributed by atoms with Gasteiger partial charge in [-0.15, -0.1) is 0 Å². The van der Waals surface area contributed by atoms with Gasteiger partial charge in [0.15, 0.2) is 5.78 Å². The van der Waals surface area contributed by atoms with E-state index in [9.17, 15) is 14.0 Å². The van der Waals surface area contributed by atoms with E-state index in [0.29, 0.717) is 23.6 Å². The molecule has 6 heteroatoms. The first-order chi connectivity index (χ1) is 11.2. The van der Waals surface area contributed by atoms with Crippen LogP contribution in [0.4, 0.5) is 9.18 Å². The lowest BCUT2D eigenvalue weighted by Gasteiger charge is -2.34.